The van der Waals surface area contributed by atoms with E-state index in [4.69, 9.17) is 9.47 Å². The van der Waals surface area contributed by atoms with E-state index in [1.54, 1.807) is 6.07 Å². The van der Waals surface area contributed by atoms with Gasteiger partial charge >= 0.3 is 0 Å². The van der Waals surface area contributed by atoms with Gasteiger partial charge in [0.25, 0.3) is 0 Å². The highest BCUT2D eigenvalue weighted by molar-refractivity contribution is 5.32. The van der Waals surface area contributed by atoms with E-state index in [-0.39, 0.29) is 18.0 Å². The second-order valence-electron chi connectivity index (χ2n) is 4.52. The van der Waals surface area contributed by atoms with Crippen LogP contribution in [0.15, 0.2) is 18.2 Å². The van der Waals surface area contributed by atoms with Crippen LogP contribution in [0.3, 0.4) is 0 Å². The maximum absolute atomic E-state index is 13.2. The Morgan fingerprint density at radius 2 is 2.24 bits per heavy atom. The fourth-order valence-electron chi connectivity index (χ4n) is 2.57. The topological polar surface area (TPSA) is 30.5 Å². The number of morpholine rings is 1. The fourth-order valence-corrected chi connectivity index (χ4v) is 2.57. The average Bonchev–Trinajstić information content (AvgIpc) is 2.39. The molecule has 92 valence electrons. The molecule has 2 aliphatic heterocycles. The number of hydrogen-bond acceptors (Lipinski definition) is 3. The molecule has 1 fully saturated rings. The summed E-state index contributed by atoms with van der Waals surface area (Å²) < 4.78 is 24.5. The predicted molar refractivity (Wildman–Crippen MR) is 61.4 cm³/mol. The molecule has 17 heavy (non-hydrogen) atoms. The molecule has 0 aliphatic carbocycles. The van der Waals surface area contributed by atoms with Crippen molar-refractivity contribution in [1.82, 2.24) is 5.32 Å². The molecular weight excluding hydrogens is 221 g/mol. The third-order valence-electron chi connectivity index (χ3n) is 3.40. The lowest BCUT2D eigenvalue weighted by Crippen LogP contribution is -2.46. The van der Waals surface area contributed by atoms with Gasteiger partial charge in [0.05, 0.1) is 25.9 Å². The summed E-state index contributed by atoms with van der Waals surface area (Å²) in [4.78, 5) is 0. The Morgan fingerprint density at radius 1 is 1.29 bits per heavy atom. The van der Waals surface area contributed by atoms with Crippen LogP contribution in [0, 0.1) is 5.82 Å². The molecule has 1 aromatic rings. The summed E-state index contributed by atoms with van der Waals surface area (Å²) in [5.41, 5.74) is 2.16. The van der Waals surface area contributed by atoms with Gasteiger partial charge < -0.3 is 14.8 Å². The summed E-state index contributed by atoms with van der Waals surface area (Å²) in [5.74, 6) is -0.169. The molecule has 0 radical (unpaired) electrons. The lowest BCUT2D eigenvalue weighted by Gasteiger charge is -2.35. The second kappa shape index (κ2) is 4.72. The van der Waals surface area contributed by atoms with Crippen molar-refractivity contribution in [3.8, 4) is 0 Å². The lowest BCUT2D eigenvalue weighted by molar-refractivity contribution is -0.0311. The van der Waals surface area contributed by atoms with Gasteiger partial charge in [0.1, 0.15) is 11.9 Å². The normalized spacial score (nSPS) is 28.8. The monoisotopic (exact) mass is 237 g/mol. The van der Waals surface area contributed by atoms with E-state index in [2.05, 4.69) is 5.32 Å². The van der Waals surface area contributed by atoms with Crippen LogP contribution in [0.25, 0.3) is 0 Å². The van der Waals surface area contributed by atoms with Crippen LogP contribution >= 0.6 is 0 Å². The highest BCUT2D eigenvalue weighted by Crippen LogP contribution is 2.30. The van der Waals surface area contributed by atoms with Gasteiger partial charge in [-0.25, -0.2) is 4.39 Å². The lowest BCUT2D eigenvalue weighted by atomic mass is 9.93. The molecule has 3 nitrogen and oxygen atoms in total. The molecule has 0 spiro atoms. The van der Waals surface area contributed by atoms with Gasteiger partial charge in [-0.3, -0.25) is 0 Å². The zero-order valence-corrected chi connectivity index (χ0v) is 9.62. The molecule has 1 saturated heterocycles. The van der Waals surface area contributed by atoms with Crippen LogP contribution in [0.5, 0.6) is 0 Å². The molecule has 0 amide bonds. The zero-order valence-electron chi connectivity index (χ0n) is 9.62. The molecule has 2 aliphatic rings. The molecule has 0 bridgehead atoms. The van der Waals surface area contributed by atoms with Crippen molar-refractivity contribution in [3.63, 3.8) is 0 Å². The molecule has 1 aromatic carbocycles. The van der Waals surface area contributed by atoms with Crippen LogP contribution in [-0.4, -0.2) is 32.4 Å². The van der Waals surface area contributed by atoms with Gasteiger partial charge in [-0.05, 0) is 29.7 Å². The Hall–Kier alpha value is -0.970. The molecule has 0 aromatic heterocycles. The van der Waals surface area contributed by atoms with Crippen LogP contribution < -0.4 is 5.32 Å². The van der Waals surface area contributed by atoms with E-state index >= 15 is 0 Å². The molecule has 0 unspecified atom stereocenters. The Bertz CT molecular complexity index is 404. The van der Waals surface area contributed by atoms with Crippen molar-refractivity contribution in [2.24, 2.45) is 0 Å². The summed E-state index contributed by atoms with van der Waals surface area (Å²) in [5, 5.41) is 3.40. The Balaban J connectivity index is 1.88. The molecule has 2 atom stereocenters. The van der Waals surface area contributed by atoms with E-state index < -0.39 is 0 Å². The van der Waals surface area contributed by atoms with Crippen LogP contribution in [0.2, 0.25) is 0 Å². The SMILES string of the molecule is Fc1ccc2c(c1)CCO[C@H]2[C@@H]1COCCN1. The first kappa shape index (κ1) is 11.1. The maximum Gasteiger partial charge on any atom is 0.123 e. The van der Waals surface area contributed by atoms with Crippen molar-refractivity contribution < 1.29 is 13.9 Å². The van der Waals surface area contributed by atoms with Crippen molar-refractivity contribution in [3.05, 3.63) is 35.1 Å². The summed E-state index contributed by atoms with van der Waals surface area (Å²) in [7, 11) is 0. The number of benzene rings is 1. The minimum Gasteiger partial charge on any atom is -0.378 e. The second-order valence-corrected chi connectivity index (χ2v) is 4.52. The Labute approximate surface area is 99.9 Å². The maximum atomic E-state index is 13.2. The van der Waals surface area contributed by atoms with Gasteiger partial charge in [0.2, 0.25) is 0 Å². The molecular formula is C13H16FNO2. The zero-order chi connectivity index (χ0) is 11.7. The standard InChI is InChI=1S/C13H16FNO2/c14-10-1-2-11-9(7-10)3-5-17-13(11)12-8-16-6-4-15-12/h1-2,7,12-13,15H,3-6,8H2/t12-,13+/m0/s1. The summed E-state index contributed by atoms with van der Waals surface area (Å²) in [6.07, 6.45) is 0.775. The van der Waals surface area contributed by atoms with Gasteiger partial charge in [0.15, 0.2) is 0 Å². The van der Waals surface area contributed by atoms with Crippen LogP contribution in [0.1, 0.15) is 17.2 Å². The van der Waals surface area contributed by atoms with E-state index in [9.17, 15) is 4.39 Å². The van der Waals surface area contributed by atoms with Crippen molar-refractivity contribution >= 4 is 0 Å². The number of rotatable bonds is 1. The van der Waals surface area contributed by atoms with E-state index in [0.717, 1.165) is 30.7 Å². The first-order chi connectivity index (χ1) is 8.34. The number of ether oxygens (including phenoxy) is 2. The molecule has 2 heterocycles. The average molecular weight is 237 g/mol. The minimum atomic E-state index is -0.169. The number of fused-ring (bicyclic) bond motifs is 1. The summed E-state index contributed by atoms with van der Waals surface area (Å²) >= 11 is 0. The molecule has 3 rings (SSSR count). The van der Waals surface area contributed by atoms with Crippen molar-refractivity contribution in [1.29, 1.82) is 0 Å². The highest BCUT2D eigenvalue weighted by atomic mass is 19.1. The third-order valence-corrected chi connectivity index (χ3v) is 3.40. The van der Waals surface area contributed by atoms with Gasteiger partial charge in [-0.2, -0.15) is 0 Å². The number of halogens is 1. The molecule has 1 N–H and O–H groups in total. The minimum absolute atomic E-state index is 0.0142. The Kier molecular flexibility index (Phi) is 3.09. The smallest absolute Gasteiger partial charge is 0.123 e. The van der Waals surface area contributed by atoms with Gasteiger partial charge in [-0.1, -0.05) is 6.07 Å². The third kappa shape index (κ3) is 2.20. The van der Waals surface area contributed by atoms with Crippen molar-refractivity contribution in [2.45, 2.75) is 18.6 Å². The molecule has 0 saturated carbocycles. The number of nitrogens with one attached hydrogen (secondary N) is 1. The van der Waals surface area contributed by atoms with Gasteiger partial charge in [-0.15, -0.1) is 0 Å². The summed E-state index contributed by atoms with van der Waals surface area (Å²) in [6, 6.07) is 5.14. The first-order valence-corrected chi connectivity index (χ1v) is 6.05. The highest BCUT2D eigenvalue weighted by Gasteiger charge is 2.30. The van der Waals surface area contributed by atoms with E-state index in [1.807, 2.05) is 6.07 Å². The first-order valence-electron chi connectivity index (χ1n) is 6.05. The van der Waals surface area contributed by atoms with Crippen LogP contribution in [-0.2, 0) is 15.9 Å². The fraction of sp³-hybridized carbons (Fsp3) is 0.538. The Morgan fingerprint density at radius 3 is 3.06 bits per heavy atom. The van der Waals surface area contributed by atoms with E-state index in [1.165, 1.54) is 6.07 Å². The summed E-state index contributed by atoms with van der Waals surface area (Å²) in [6.45, 7) is 2.90. The number of hydrogen-bond donors (Lipinski definition) is 1. The molecule has 4 heteroatoms. The largest absolute Gasteiger partial charge is 0.378 e. The van der Waals surface area contributed by atoms with E-state index in [0.29, 0.717) is 13.2 Å². The quantitative estimate of drug-likeness (QED) is 0.801. The van der Waals surface area contributed by atoms with Gasteiger partial charge in [0, 0.05) is 6.54 Å². The van der Waals surface area contributed by atoms with Crippen molar-refractivity contribution in [2.75, 3.05) is 26.4 Å². The van der Waals surface area contributed by atoms with Crippen LogP contribution in [0.4, 0.5) is 4.39 Å². The predicted octanol–water partition coefficient (Wildman–Crippen LogP) is 1.43.